The first-order chi connectivity index (χ1) is 31.5. The molecule has 3 aliphatic rings. The number of halogens is 5. The Morgan fingerprint density at radius 2 is 1.60 bits per heavy atom. The minimum absolute atomic E-state index is 0.0279. The van der Waals surface area contributed by atoms with Crippen LogP contribution in [0.2, 0.25) is 0 Å². The maximum atomic E-state index is 17.0. The van der Waals surface area contributed by atoms with Crippen molar-refractivity contribution >= 4 is 61.3 Å². The molecule has 3 aliphatic heterocycles. The average Bonchev–Trinajstić information content (AvgIpc) is 3.95. The van der Waals surface area contributed by atoms with Gasteiger partial charge in [-0.1, -0.05) is 6.07 Å². The fraction of sp³-hybridized carbons (Fsp3) is 0.565. The van der Waals surface area contributed by atoms with Gasteiger partial charge >= 0.3 is 30.3 Å². The van der Waals surface area contributed by atoms with Crippen LogP contribution in [0.4, 0.5) is 42.4 Å². The van der Waals surface area contributed by atoms with E-state index in [0.717, 1.165) is 37.8 Å². The van der Waals surface area contributed by atoms with Crippen molar-refractivity contribution in [2.45, 2.75) is 116 Å². The topological polar surface area (TPSA) is 180 Å². The number of nitriles is 1. The van der Waals surface area contributed by atoms with E-state index in [9.17, 15) is 19.6 Å². The molecule has 2 atom stereocenters. The van der Waals surface area contributed by atoms with E-state index in [-0.39, 0.29) is 69.5 Å². The smallest absolute Gasteiger partial charge is 0.417 e. The van der Waals surface area contributed by atoms with E-state index in [2.05, 4.69) is 20.2 Å². The normalized spacial score (nSPS) is 17.6. The summed E-state index contributed by atoms with van der Waals surface area (Å²) in [6.07, 6.45) is -0.851. The molecule has 2 aromatic carbocycles. The van der Waals surface area contributed by atoms with Gasteiger partial charge in [0.1, 0.15) is 39.4 Å². The second-order valence-corrected chi connectivity index (χ2v) is 19.6. The number of aromatic nitrogens is 2. The van der Waals surface area contributed by atoms with Gasteiger partial charge in [-0.15, -0.1) is 11.3 Å². The fourth-order valence-corrected chi connectivity index (χ4v) is 9.56. The summed E-state index contributed by atoms with van der Waals surface area (Å²) in [5.74, 6) is -3.08. The quantitative estimate of drug-likeness (QED) is 0.101. The second-order valence-electron chi connectivity index (χ2n) is 18.6. The first-order valence-electron chi connectivity index (χ1n) is 22.1. The lowest BCUT2D eigenvalue weighted by molar-refractivity contribution is -0.138. The van der Waals surface area contributed by atoms with Gasteiger partial charge in [-0.3, -0.25) is 15.0 Å². The highest BCUT2D eigenvalue weighted by atomic mass is 32.1. The number of carboxylic acid groups (broad SMARTS) is 1. The van der Waals surface area contributed by atoms with Crippen LogP contribution in [0.25, 0.3) is 32.1 Å². The number of aliphatic carboxylic acids is 1. The van der Waals surface area contributed by atoms with Crippen LogP contribution in [0, 0.1) is 23.0 Å². The van der Waals surface area contributed by atoms with Crippen LogP contribution in [0.5, 0.6) is 6.01 Å². The third-order valence-corrected chi connectivity index (χ3v) is 12.3. The number of fused-ring (bicyclic) bond motifs is 4. The first kappa shape index (κ1) is 50.8. The van der Waals surface area contributed by atoms with Crippen molar-refractivity contribution in [2.24, 2.45) is 0 Å². The Bertz CT molecular complexity index is 2500. The van der Waals surface area contributed by atoms with Crippen LogP contribution >= 0.6 is 11.3 Å². The van der Waals surface area contributed by atoms with Crippen LogP contribution < -0.4 is 15.0 Å². The van der Waals surface area contributed by atoms with Crippen molar-refractivity contribution in [3.63, 3.8) is 0 Å². The van der Waals surface area contributed by atoms with Crippen molar-refractivity contribution in [3.05, 3.63) is 41.0 Å². The minimum atomic E-state index is -5.16. The number of alkyl halides is 3. The molecule has 0 radical (unpaired) electrons. The standard InChI is InChI=1S/C35H35F5N6O5S.C11H21NO3/c1-33(2,3)50-31(47)44-29-20(13-41)23-18(10-11-22(36)27(23)52-29)24-21(35(38,39)40)12-19-26(25(24)37)42-30(49-7)43-28(19)45-14-16-8-9-17(15-45)46(16)32(48)51-34(4,5)6;13-11(14)5-3-9-15-10-4-8-12-6-1-2-7-12/h10-12,16-17H,8-9,14-15H2,1-7H3,(H,44,47);1-10H2,(H,13,14). The van der Waals surface area contributed by atoms with Crippen molar-refractivity contribution in [1.82, 2.24) is 19.8 Å². The molecule has 0 spiro atoms. The van der Waals surface area contributed by atoms with Gasteiger partial charge in [0.15, 0.2) is 5.82 Å². The van der Waals surface area contributed by atoms with E-state index in [4.69, 9.17) is 24.1 Å². The molecule has 0 aliphatic carbocycles. The van der Waals surface area contributed by atoms with Crippen LogP contribution in [0.3, 0.4) is 0 Å². The third-order valence-electron chi connectivity index (χ3n) is 11.2. The lowest BCUT2D eigenvalue weighted by Crippen LogP contribution is -2.57. The van der Waals surface area contributed by atoms with Crippen LogP contribution in [0.15, 0.2) is 18.2 Å². The molecule has 67 heavy (non-hydrogen) atoms. The molecule has 2 N–H and O–H groups in total. The molecular formula is C46H56F5N7O8S. The summed E-state index contributed by atoms with van der Waals surface area (Å²) in [5, 5.41) is 20.1. The Hall–Kier alpha value is -5.59. The molecule has 2 amide bonds. The van der Waals surface area contributed by atoms with E-state index in [1.165, 1.54) is 33.0 Å². The zero-order valence-corrected chi connectivity index (χ0v) is 39.4. The number of nitrogens with zero attached hydrogens (tertiary/aromatic N) is 6. The molecule has 3 fully saturated rings. The van der Waals surface area contributed by atoms with Crippen molar-refractivity contribution in [3.8, 4) is 23.2 Å². The Morgan fingerprint density at radius 3 is 2.18 bits per heavy atom. The highest BCUT2D eigenvalue weighted by Gasteiger charge is 2.46. The number of carboxylic acids is 1. The molecular weight excluding hydrogens is 906 g/mol. The largest absolute Gasteiger partial charge is 0.481 e. The van der Waals surface area contributed by atoms with Gasteiger partial charge in [-0.2, -0.15) is 28.4 Å². The third kappa shape index (κ3) is 12.3. The van der Waals surface area contributed by atoms with Crippen LogP contribution in [0.1, 0.15) is 97.6 Å². The lowest BCUT2D eigenvalue weighted by Gasteiger charge is -2.42. The summed E-state index contributed by atoms with van der Waals surface area (Å²) in [4.78, 5) is 50.1. The number of amides is 2. The number of carbonyl (C=O) groups excluding carboxylic acids is 2. The van der Waals surface area contributed by atoms with Crippen molar-refractivity contribution in [2.75, 3.05) is 63.3 Å². The highest BCUT2D eigenvalue weighted by molar-refractivity contribution is 7.23. The monoisotopic (exact) mass is 961 g/mol. The van der Waals surface area contributed by atoms with E-state index < -0.39 is 69.4 Å². The number of hydrogen-bond donors (Lipinski definition) is 2. The molecule has 2 aromatic heterocycles. The Balaban J connectivity index is 0.000000421. The van der Waals surface area contributed by atoms with Gasteiger partial charge in [0, 0.05) is 55.6 Å². The van der Waals surface area contributed by atoms with E-state index in [1.54, 1.807) is 51.3 Å². The van der Waals surface area contributed by atoms with Crippen LogP contribution in [-0.4, -0.2) is 119 Å². The second kappa shape index (κ2) is 20.7. The first-order valence-corrected chi connectivity index (χ1v) is 22.9. The van der Waals surface area contributed by atoms with Gasteiger partial charge in [-0.05, 0) is 111 Å². The zero-order chi connectivity index (χ0) is 49.0. The van der Waals surface area contributed by atoms with Crippen molar-refractivity contribution in [1.29, 1.82) is 5.26 Å². The summed E-state index contributed by atoms with van der Waals surface area (Å²) < 4.78 is 98.6. The predicted octanol–water partition coefficient (Wildman–Crippen LogP) is 9.98. The highest BCUT2D eigenvalue weighted by Crippen LogP contribution is 2.49. The summed E-state index contributed by atoms with van der Waals surface area (Å²) in [6.45, 7) is 15.3. The fourth-order valence-electron chi connectivity index (χ4n) is 8.49. The van der Waals surface area contributed by atoms with Gasteiger partial charge in [0.05, 0.1) is 35.0 Å². The molecule has 364 valence electrons. The lowest BCUT2D eigenvalue weighted by atomic mass is 9.92. The Kier molecular flexibility index (Phi) is 15.7. The molecule has 0 saturated carbocycles. The molecule has 15 nitrogen and oxygen atoms in total. The molecule has 2 unspecified atom stereocenters. The molecule has 2 bridgehead atoms. The predicted molar refractivity (Wildman–Crippen MR) is 241 cm³/mol. The molecule has 21 heteroatoms. The van der Waals surface area contributed by atoms with Crippen LogP contribution in [-0.2, 0) is 25.2 Å². The number of hydrogen-bond acceptors (Lipinski definition) is 13. The molecule has 7 rings (SSSR count). The molecule has 4 aromatic rings. The Morgan fingerprint density at radius 1 is 0.955 bits per heavy atom. The Labute approximate surface area is 389 Å². The average molecular weight is 962 g/mol. The minimum Gasteiger partial charge on any atom is -0.481 e. The maximum Gasteiger partial charge on any atom is 0.417 e. The van der Waals surface area contributed by atoms with E-state index >= 15 is 22.0 Å². The number of thiophene rings is 1. The number of rotatable bonds is 12. The van der Waals surface area contributed by atoms with Gasteiger partial charge in [0.25, 0.3) is 0 Å². The SMILES string of the molecule is COc1nc(N2CC3CCC(C2)N3C(=O)OC(C)(C)C)c2cc(C(F)(F)F)c(-c3ccc(F)c4sc(NC(=O)OC(C)(C)C)c(C#N)c34)c(F)c2n1.O=C(O)CCCOCCCN1CCCC1. The molecule has 5 heterocycles. The number of likely N-dealkylation sites (tertiary alicyclic amines) is 1. The number of piperazine rings is 1. The van der Waals surface area contributed by atoms with Gasteiger partial charge in [-0.25, -0.2) is 18.4 Å². The summed E-state index contributed by atoms with van der Waals surface area (Å²) in [6, 6.07) is 3.35. The number of benzene rings is 2. The number of carbonyl (C=O) groups is 3. The number of nitrogens with one attached hydrogen (secondary N) is 1. The number of anilines is 2. The van der Waals surface area contributed by atoms with Crippen molar-refractivity contribution < 1.29 is 60.4 Å². The van der Waals surface area contributed by atoms with Gasteiger partial charge in [0.2, 0.25) is 0 Å². The summed E-state index contributed by atoms with van der Waals surface area (Å²) in [5.41, 5.74) is -5.42. The van der Waals surface area contributed by atoms with Gasteiger partial charge < -0.3 is 33.9 Å². The van der Waals surface area contributed by atoms with E-state index in [0.29, 0.717) is 37.2 Å². The summed E-state index contributed by atoms with van der Waals surface area (Å²) in [7, 11) is 1.23. The molecule has 3 saturated heterocycles. The maximum absolute atomic E-state index is 17.0. The van der Waals surface area contributed by atoms with E-state index in [1.807, 2.05) is 6.07 Å². The number of ether oxygens (including phenoxy) is 4. The summed E-state index contributed by atoms with van der Waals surface area (Å²) >= 11 is 0.597. The number of methoxy groups -OCH3 is 1. The zero-order valence-electron chi connectivity index (χ0n) is 38.6.